The number of aromatic nitrogens is 1. The fraction of sp³-hybridized carbons (Fsp3) is 0.208. The lowest BCUT2D eigenvalue weighted by Crippen LogP contribution is -2.31. The molecule has 0 aliphatic heterocycles. The molecule has 0 amide bonds. The molecule has 0 spiro atoms. The predicted octanol–water partition coefficient (Wildman–Crippen LogP) is 5.81. The third-order valence-electron chi connectivity index (χ3n) is 4.96. The second kappa shape index (κ2) is 9.18. The molecule has 2 aromatic heterocycles. The number of benzene rings is 2. The summed E-state index contributed by atoms with van der Waals surface area (Å²) in [5, 5.41) is 1.75. The minimum atomic E-state index is -3.84. The number of anilines is 1. The molecule has 0 aliphatic rings. The number of para-hydroxylation sites is 2. The fourth-order valence-corrected chi connectivity index (χ4v) is 5.83. The van der Waals surface area contributed by atoms with Crippen LogP contribution in [0.1, 0.15) is 23.9 Å². The number of thiophene rings is 1. The molecule has 0 aliphatic carbocycles. The van der Waals surface area contributed by atoms with E-state index in [2.05, 4.69) is 4.98 Å². The summed E-state index contributed by atoms with van der Waals surface area (Å²) in [7, 11) is -3.84. The van der Waals surface area contributed by atoms with Crippen LogP contribution in [0.4, 0.5) is 5.69 Å². The lowest BCUT2D eigenvalue weighted by atomic mass is 10.1. The van der Waals surface area contributed by atoms with Gasteiger partial charge in [-0.25, -0.2) is 13.4 Å². The number of aryl methyl sites for hydroxylation is 2. The lowest BCUT2D eigenvalue weighted by Gasteiger charge is -2.25. The van der Waals surface area contributed by atoms with E-state index in [1.165, 1.54) is 15.6 Å². The van der Waals surface area contributed by atoms with Gasteiger partial charge < -0.3 is 9.15 Å². The van der Waals surface area contributed by atoms with Gasteiger partial charge in [-0.3, -0.25) is 4.31 Å². The summed E-state index contributed by atoms with van der Waals surface area (Å²) in [5.74, 6) is 1.53. The molecule has 0 atom stereocenters. The highest BCUT2D eigenvalue weighted by atomic mass is 32.2. The summed E-state index contributed by atoms with van der Waals surface area (Å²) in [6.45, 7) is 6.12. The van der Waals surface area contributed by atoms with Crippen LogP contribution in [-0.2, 0) is 16.6 Å². The summed E-state index contributed by atoms with van der Waals surface area (Å²) in [6.07, 6.45) is 0. The van der Waals surface area contributed by atoms with Crippen LogP contribution >= 0.6 is 11.3 Å². The van der Waals surface area contributed by atoms with Gasteiger partial charge in [-0.05, 0) is 56.5 Å². The quantitative estimate of drug-likeness (QED) is 0.326. The Morgan fingerprint density at radius 1 is 1.03 bits per heavy atom. The molecule has 6 nitrogen and oxygen atoms in total. The van der Waals surface area contributed by atoms with E-state index >= 15 is 0 Å². The van der Waals surface area contributed by atoms with Crippen molar-refractivity contribution in [1.82, 2.24) is 4.98 Å². The minimum absolute atomic E-state index is 0.0194. The van der Waals surface area contributed by atoms with Crippen LogP contribution in [0.25, 0.3) is 11.5 Å². The Morgan fingerprint density at radius 3 is 2.47 bits per heavy atom. The van der Waals surface area contributed by atoms with Crippen molar-refractivity contribution >= 4 is 27.0 Å². The summed E-state index contributed by atoms with van der Waals surface area (Å²) >= 11 is 1.18. The molecule has 0 N–H and O–H groups in total. The molecule has 32 heavy (non-hydrogen) atoms. The number of nitrogens with zero attached hydrogens (tertiary/aromatic N) is 2. The molecule has 0 unspecified atom stereocenters. The molecule has 166 valence electrons. The fourth-order valence-electron chi connectivity index (χ4n) is 3.29. The SMILES string of the molecule is CCOc1ccccc1N(Cc1nc(-c2ccc(C)cc2)oc1C)S(=O)(=O)c1cccs1. The summed E-state index contributed by atoms with van der Waals surface area (Å²) in [6, 6.07) is 18.3. The second-order valence-electron chi connectivity index (χ2n) is 7.23. The topological polar surface area (TPSA) is 72.6 Å². The van der Waals surface area contributed by atoms with Crippen molar-refractivity contribution in [2.45, 2.75) is 31.5 Å². The largest absolute Gasteiger partial charge is 0.492 e. The van der Waals surface area contributed by atoms with E-state index in [4.69, 9.17) is 9.15 Å². The molecule has 2 aromatic carbocycles. The Kier molecular flexibility index (Phi) is 6.34. The Balaban J connectivity index is 1.78. The highest BCUT2D eigenvalue weighted by molar-refractivity contribution is 7.94. The predicted molar refractivity (Wildman–Crippen MR) is 127 cm³/mol. The standard InChI is InChI=1S/C24H24N2O4S2/c1-4-29-22-9-6-5-8-21(22)26(32(27,28)23-10-7-15-31-23)16-20-18(3)30-24(25-20)19-13-11-17(2)12-14-19/h5-15H,4,16H2,1-3H3. The van der Waals surface area contributed by atoms with Crippen molar-refractivity contribution in [3.8, 4) is 17.2 Å². The number of oxazole rings is 1. The molecule has 0 radical (unpaired) electrons. The van der Waals surface area contributed by atoms with Crippen molar-refractivity contribution in [2.75, 3.05) is 10.9 Å². The Bertz CT molecular complexity index is 1290. The van der Waals surface area contributed by atoms with Crippen LogP contribution in [-0.4, -0.2) is 20.0 Å². The van der Waals surface area contributed by atoms with Gasteiger partial charge in [-0.15, -0.1) is 11.3 Å². The van der Waals surface area contributed by atoms with Gasteiger partial charge >= 0.3 is 0 Å². The molecular weight excluding hydrogens is 444 g/mol. The van der Waals surface area contributed by atoms with Gasteiger partial charge in [0.2, 0.25) is 5.89 Å². The molecule has 4 rings (SSSR count). The first kappa shape index (κ1) is 22.1. The van der Waals surface area contributed by atoms with Gasteiger partial charge in [0.05, 0.1) is 18.8 Å². The minimum Gasteiger partial charge on any atom is -0.492 e. The summed E-state index contributed by atoms with van der Waals surface area (Å²) in [4.78, 5) is 4.64. The highest BCUT2D eigenvalue weighted by Gasteiger charge is 2.30. The van der Waals surface area contributed by atoms with Crippen molar-refractivity contribution in [1.29, 1.82) is 0 Å². The molecule has 0 saturated carbocycles. The maximum Gasteiger partial charge on any atom is 0.274 e. The summed E-state index contributed by atoms with van der Waals surface area (Å²) < 4.78 is 40.4. The molecule has 0 bridgehead atoms. The van der Waals surface area contributed by atoms with E-state index in [1.807, 2.05) is 44.2 Å². The van der Waals surface area contributed by atoms with Gasteiger partial charge in [0.15, 0.2) is 0 Å². The maximum atomic E-state index is 13.6. The normalized spacial score (nSPS) is 11.5. The van der Waals surface area contributed by atoms with Crippen LogP contribution in [0.2, 0.25) is 0 Å². The third kappa shape index (κ3) is 4.42. The van der Waals surface area contributed by atoms with Crippen LogP contribution < -0.4 is 9.04 Å². The van der Waals surface area contributed by atoms with Crippen molar-refractivity contribution < 1.29 is 17.6 Å². The first-order valence-electron chi connectivity index (χ1n) is 10.2. The van der Waals surface area contributed by atoms with Crippen molar-refractivity contribution in [3.63, 3.8) is 0 Å². The molecular formula is C24H24N2O4S2. The smallest absolute Gasteiger partial charge is 0.274 e. The highest BCUT2D eigenvalue weighted by Crippen LogP contribution is 2.35. The number of ether oxygens (including phenoxy) is 1. The van der Waals surface area contributed by atoms with Crippen LogP contribution in [0.5, 0.6) is 5.75 Å². The first-order chi connectivity index (χ1) is 15.4. The molecule has 0 fully saturated rings. The number of hydrogen-bond donors (Lipinski definition) is 0. The zero-order valence-corrected chi connectivity index (χ0v) is 19.7. The van der Waals surface area contributed by atoms with Crippen LogP contribution in [0.15, 0.2) is 74.7 Å². The van der Waals surface area contributed by atoms with Crippen molar-refractivity contribution in [2.24, 2.45) is 0 Å². The van der Waals surface area contributed by atoms with E-state index in [9.17, 15) is 8.42 Å². The van der Waals surface area contributed by atoms with E-state index in [0.717, 1.165) is 11.1 Å². The molecule has 8 heteroatoms. The van der Waals surface area contributed by atoms with Gasteiger partial charge in [-0.2, -0.15) is 0 Å². The van der Waals surface area contributed by atoms with E-state index in [1.54, 1.807) is 42.6 Å². The van der Waals surface area contributed by atoms with Crippen LogP contribution in [0, 0.1) is 13.8 Å². The molecule has 0 saturated heterocycles. The van der Waals surface area contributed by atoms with Crippen LogP contribution in [0.3, 0.4) is 0 Å². The van der Waals surface area contributed by atoms with E-state index < -0.39 is 10.0 Å². The van der Waals surface area contributed by atoms with Gasteiger partial charge in [0.1, 0.15) is 21.4 Å². The maximum absolute atomic E-state index is 13.6. The average Bonchev–Trinajstić information content (AvgIpc) is 3.44. The average molecular weight is 469 g/mol. The van der Waals surface area contributed by atoms with E-state index in [0.29, 0.717) is 35.4 Å². The Labute approximate surface area is 192 Å². The monoisotopic (exact) mass is 468 g/mol. The van der Waals surface area contributed by atoms with Gasteiger partial charge in [-0.1, -0.05) is 35.9 Å². The van der Waals surface area contributed by atoms with Gasteiger partial charge in [0.25, 0.3) is 10.0 Å². The Morgan fingerprint density at radius 2 is 1.78 bits per heavy atom. The van der Waals surface area contributed by atoms with Crippen molar-refractivity contribution in [3.05, 3.63) is 83.1 Å². The Hall–Kier alpha value is -3.10. The van der Waals surface area contributed by atoms with E-state index in [-0.39, 0.29) is 10.8 Å². The molecule has 2 heterocycles. The third-order valence-corrected chi connectivity index (χ3v) is 8.09. The number of sulfonamides is 1. The lowest BCUT2D eigenvalue weighted by molar-refractivity contribution is 0.341. The second-order valence-corrected chi connectivity index (χ2v) is 10.3. The number of rotatable bonds is 8. The zero-order chi connectivity index (χ0) is 22.7. The first-order valence-corrected chi connectivity index (χ1v) is 12.5. The van der Waals surface area contributed by atoms with Gasteiger partial charge in [0, 0.05) is 5.56 Å². The zero-order valence-electron chi connectivity index (χ0n) is 18.1. The summed E-state index contributed by atoms with van der Waals surface area (Å²) in [5.41, 5.74) is 2.99. The number of hydrogen-bond acceptors (Lipinski definition) is 6. The molecule has 4 aromatic rings.